The molecule has 1 aromatic heterocycles. The van der Waals surface area contributed by atoms with Crippen LogP contribution >= 0.6 is 15.9 Å². The highest BCUT2D eigenvalue weighted by molar-refractivity contribution is 9.10. The molecule has 3 N–H and O–H groups in total. The zero-order valence-corrected chi connectivity index (χ0v) is 11.7. The van der Waals surface area contributed by atoms with E-state index in [2.05, 4.69) is 36.5 Å². The van der Waals surface area contributed by atoms with Crippen LogP contribution in [0.15, 0.2) is 10.7 Å². The summed E-state index contributed by atoms with van der Waals surface area (Å²) in [6, 6.07) is 0.211. The van der Waals surface area contributed by atoms with Crippen LogP contribution in [0.2, 0.25) is 0 Å². The van der Waals surface area contributed by atoms with Crippen molar-refractivity contribution in [3.05, 3.63) is 10.7 Å². The molecule has 1 aliphatic rings. The van der Waals surface area contributed by atoms with Crippen molar-refractivity contribution in [2.24, 2.45) is 5.41 Å². The zero-order chi connectivity index (χ0) is 12.6. The molecule has 0 aromatic carbocycles. The van der Waals surface area contributed by atoms with Crippen molar-refractivity contribution in [2.75, 3.05) is 17.7 Å². The van der Waals surface area contributed by atoms with E-state index in [-0.39, 0.29) is 17.6 Å². The van der Waals surface area contributed by atoms with Crippen LogP contribution in [-0.2, 0) is 0 Å². The number of nitrogens with one attached hydrogen (secondary N) is 2. The van der Waals surface area contributed by atoms with Gasteiger partial charge in [-0.15, -0.1) is 0 Å². The van der Waals surface area contributed by atoms with E-state index in [1.165, 1.54) is 0 Å². The number of halogens is 1. The molecule has 1 heterocycles. The molecule has 5 nitrogen and oxygen atoms in total. The zero-order valence-electron chi connectivity index (χ0n) is 10.2. The van der Waals surface area contributed by atoms with Gasteiger partial charge in [0.25, 0.3) is 0 Å². The van der Waals surface area contributed by atoms with Crippen LogP contribution in [0.1, 0.15) is 20.3 Å². The minimum absolute atomic E-state index is 0.129. The van der Waals surface area contributed by atoms with Gasteiger partial charge in [0, 0.05) is 24.7 Å². The second kappa shape index (κ2) is 4.42. The Labute approximate surface area is 109 Å². The Morgan fingerprint density at radius 2 is 2.24 bits per heavy atom. The van der Waals surface area contributed by atoms with Crippen molar-refractivity contribution in [3.8, 4) is 0 Å². The van der Waals surface area contributed by atoms with Crippen LogP contribution in [0.3, 0.4) is 0 Å². The molecule has 0 amide bonds. The summed E-state index contributed by atoms with van der Waals surface area (Å²) >= 11 is 3.36. The van der Waals surface area contributed by atoms with Crippen molar-refractivity contribution >= 4 is 27.7 Å². The molecule has 2 atom stereocenters. The maximum Gasteiger partial charge on any atom is 0.224 e. The van der Waals surface area contributed by atoms with E-state index >= 15 is 0 Å². The second-order valence-corrected chi connectivity index (χ2v) is 5.76. The number of hydrogen-bond donors (Lipinski definition) is 3. The van der Waals surface area contributed by atoms with E-state index in [4.69, 9.17) is 0 Å². The molecule has 2 rings (SSSR count). The molecule has 0 spiro atoms. The molecule has 0 saturated heterocycles. The Morgan fingerprint density at radius 1 is 1.53 bits per heavy atom. The van der Waals surface area contributed by atoms with E-state index < -0.39 is 0 Å². The monoisotopic (exact) mass is 300 g/mol. The Morgan fingerprint density at radius 3 is 2.76 bits per heavy atom. The first-order valence-electron chi connectivity index (χ1n) is 5.60. The lowest BCUT2D eigenvalue weighted by Gasteiger charge is -2.49. The minimum Gasteiger partial charge on any atom is -0.392 e. The summed E-state index contributed by atoms with van der Waals surface area (Å²) in [5, 5.41) is 15.9. The molecule has 0 aliphatic heterocycles. The van der Waals surface area contributed by atoms with Gasteiger partial charge in [-0.2, -0.15) is 4.98 Å². The van der Waals surface area contributed by atoms with Crippen molar-refractivity contribution in [2.45, 2.75) is 32.4 Å². The lowest BCUT2D eigenvalue weighted by Crippen LogP contribution is -2.57. The van der Waals surface area contributed by atoms with Gasteiger partial charge in [-0.1, -0.05) is 13.8 Å². The second-order valence-electron chi connectivity index (χ2n) is 4.91. The van der Waals surface area contributed by atoms with Gasteiger partial charge >= 0.3 is 0 Å². The number of aliphatic hydroxyl groups is 1. The Hall–Kier alpha value is -0.880. The fraction of sp³-hybridized carbons (Fsp3) is 0.636. The average molecular weight is 301 g/mol. The smallest absolute Gasteiger partial charge is 0.224 e. The fourth-order valence-corrected chi connectivity index (χ4v) is 2.30. The van der Waals surface area contributed by atoms with Crippen molar-refractivity contribution in [1.82, 2.24) is 9.97 Å². The van der Waals surface area contributed by atoms with Gasteiger partial charge in [0.15, 0.2) is 0 Å². The summed E-state index contributed by atoms with van der Waals surface area (Å²) in [6.45, 7) is 4.08. The van der Waals surface area contributed by atoms with E-state index in [0.29, 0.717) is 5.95 Å². The van der Waals surface area contributed by atoms with Gasteiger partial charge in [0.2, 0.25) is 5.95 Å². The highest BCUT2D eigenvalue weighted by atomic mass is 79.9. The molecule has 2 unspecified atom stereocenters. The maximum atomic E-state index is 9.67. The Balaban J connectivity index is 2.10. The third kappa shape index (κ3) is 2.24. The van der Waals surface area contributed by atoms with Crippen molar-refractivity contribution in [1.29, 1.82) is 0 Å². The fourth-order valence-electron chi connectivity index (χ4n) is 1.92. The topological polar surface area (TPSA) is 70.1 Å². The van der Waals surface area contributed by atoms with Crippen molar-refractivity contribution in [3.63, 3.8) is 0 Å². The molecule has 94 valence electrons. The van der Waals surface area contributed by atoms with Crippen molar-refractivity contribution < 1.29 is 5.11 Å². The first-order chi connectivity index (χ1) is 7.95. The summed E-state index contributed by atoms with van der Waals surface area (Å²) < 4.78 is 0.832. The standard InChI is InChI=1S/C11H17BrN4O/c1-11(2)7(4-8(11)17)15-10-14-5-6(12)9(13-3)16-10/h5,7-8,17H,4H2,1-3H3,(H2,13,14,15,16). The highest BCUT2D eigenvalue weighted by Crippen LogP contribution is 2.41. The predicted octanol–water partition coefficient (Wildman–Crippen LogP) is 1.85. The van der Waals surface area contributed by atoms with Crippen LogP contribution in [0, 0.1) is 5.41 Å². The maximum absolute atomic E-state index is 9.67. The molecule has 1 fully saturated rings. The summed E-state index contributed by atoms with van der Waals surface area (Å²) in [6.07, 6.45) is 2.20. The number of nitrogens with zero attached hydrogens (tertiary/aromatic N) is 2. The van der Waals surface area contributed by atoms with Gasteiger partial charge in [-0.05, 0) is 22.4 Å². The summed E-state index contributed by atoms with van der Waals surface area (Å²) in [4.78, 5) is 8.55. The number of anilines is 2. The van der Waals surface area contributed by atoms with E-state index in [1.807, 2.05) is 20.9 Å². The molecular weight excluding hydrogens is 284 g/mol. The molecule has 6 heteroatoms. The number of aliphatic hydroxyl groups excluding tert-OH is 1. The third-order valence-corrected chi connectivity index (χ3v) is 4.08. The van der Waals surface area contributed by atoms with Gasteiger partial charge in [-0.3, -0.25) is 0 Å². The molecule has 1 aromatic rings. The third-order valence-electron chi connectivity index (χ3n) is 3.50. The lowest BCUT2D eigenvalue weighted by atomic mass is 9.65. The van der Waals surface area contributed by atoms with E-state index in [1.54, 1.807) is 6.20 Å². The quantitative estimate of drug-likeness (QED) is 0.795. The number of hydrogen-bond acceptors (Lipinski definition) is 5. The predicted molar refractivity (Wildman–Crippen MR) is 71.1 cm³/mol. The molecule has 1 aliphatic carbocycles. The van der Waals surface area contributed by atoms with E-state index in [9.17, 15) is 5.11 Å². The Bertz CT molecular complexity index is 424. The van der Waals surface area contributed by atoms with Crippen LogP contribution in [-0.4, -0.2) is 34.3 Å². The van der Waals surface area contributed by atoms with Crippen LogP contribution in [0.4, 0.5) is 11.8 Å². The Kier molecular flexibility index (Phi) is 3.27. The summed E-state index contributed by atoms with van der Waals surface area (Å²) in [7, 11) is 1.81. The van der Waals surface area contributed by atoms with Gasteiger partial charge in [-0.25, -0.2) is 4.98 Å². The number of aromatic nitrogens is 2. The van der Waals surface area contributed by atoms with Gasteiger partial charge < -0.3 is 15.7 Å². The normalized spacial score (nSPS) is 26.2. The summed E-state index contributed by atoms with van der Waals surface area (Å²) in [5.41, 5.74) is -0.129. The number of rotatable bonds is 3. The van der Waals surface area contributed by atoms with Crippen LogP contribution in [0.25, 0.3) is 0 Å². The first kappa shape index (κ1) is 12.6. The summed E-state index contributed by atoms with van der Waals surface area (Å²) in [5.74, 6) is 1.34. The average Bonchev–Trinajstić information content (AvgIpc) is 2.31. The first-order valence-corrected chi connectivity index (χ1v) is 6.39. The highest BCUT2D eigenvalue weighted by Gasteiger charge is 2.47. The van der Waals surface area contributed by atoms with Gasteiger partial charge in [0.1, 0.15) is 5.82 Å². The molecule has 0 bridgehead atoms. The minimum atomic E-state index is -0.251. The van der Waals surface area contributed by atoms with Crippen LogP contribution < -0.4 is 10.6 Å². The largest absolute Gasteiger partial charge is 0.392 e. The van der Waals surface area contributed by atoms with Gasteiger partial charge in [0.05, 0.1) is 10.6 Å². The van der Waals surface area contributed by atoms with E-state index in [0.717, 1.165) is 16.7 Å². The molecule has 1 saturated carbocycles. The SMILES string of the molecule is CNc1nc(NC2CC(O)C2(C)C)ncc1Br. The molecular formula is C11H17BrN4O. The molecule has 17 heavy (non-hydrogen) atoms. The lowest BCUT2D eigenvalue weighted by molar-refractivity contribution is -0.0512. The van der Waals surface area contributed by atoms with Crippen LogP contribution in [0.5, 0.6) is 0 Å². The molecule has 0 radical (unpaired) electrons.